The lowest BCUT2D eigenvalue weighted by Gasteiger charge is -2.33. The Kier molecular flexibility index (Phi) is 3.80. The topological polar surface area (TPSA) is 80.5 Å². The number of carbonyl (C=O) groups is 1. The van der Waals surface area contributed by atoms with E-state index in [1.165, 1.54) is 0 Å². The standard InChI is InChI=1S/C13H18N2O3S/c1-10-9-19(17,18)7-6-15(10)13(16)8-11-4-2-3-5-12(11)14/h2-5,10H,6-9,14H2,1H3. The lowest BCUT2D eigenvalue weighted by Crippen LogP contribution is -2.50. The smallest absolute Gasteiger partial charge is 0.227 e. The number of para-hydroxylation sites is 1. The van der Waals surface area contributed by atoms with Crippen molar-refractivity contribution in [3.8, 4) is 0 Å². The van der Waals surface area contributed by atoms with Crippen LogP contribution in [0.2, 0.25) is 0 Å². The van der Waals surface area contributed by atoms with Crippen LogP contribution in [-0.2, 0) is 21.1 Å². The Morgan fingerprint density at radius 3 is 2.74 bits per heavy atom. The summed E-state index contributed by atoms with van der Waals surface area (Å²) in [6.45, 7) is 2.04. The van der Waals surface area contributed by atoms with Gasteiger partial charge in [0.05, 0.1) is 17.9 Å². The molecule has 1 aliphatic heterocycles. The van der Waals surface area contributed by atoms with Crippen molar-refractivity contribution < 1.29 is 13.2 Å². The number of nitrogens with two attached hydrogens (primary N) is 1. The maximum absolute atomic E-state index is 12.2. The summed E-state index contributed by atoms with van der Waals surface area (Å²) in [5.74, 6) is 0.0244. The highest BCUT2D eigenvalue weighted by atomic mass is 32.2. The summed E-state index contributed by atoms with van der Waals surface area (Å²) in [7, 11) is -3.00. The van der Waals surface area contributed by atoms with Gasteiger partial charge in [0.2, 0.25) is 5.91 Å². The zero-order chi connectivity index (χ0) is 14.0. The Balaban J connectivity index is 2.07. The van der Waals surface area contributed by atoms with Crippen LogP contribution in [0.15, 0.2) is 24.3 Å². The van der Waals surface area contributed by atoms with Gasteiger partial charge >= 0.3 is 0 Å². The number of sulfone groups is 1. The van der Waals surface area contributed by atoms with E-state index >= 15 is 0 Å². The number of hydrogen-bond acceptors (Lipinski definition) is 4. The number of nitrogens with zero attached hydrogens (tertiary/aromatic N) is 1. The molecule has 104 valence electrons. The highest BCUT2D eigenvalue weighted by Gasteiger charge is 2.31. The fourth-order valence-electron chi connectivity index (χ4n) is 2.33. The largest absolute Gasteiger partial charge is 0.398 e. The molecule has 0 radical (unpaired) electrons. The van der Waals surface area contributed by atoms with Gasteiger partial charge in [-0.3, -0.25) is 4.79 Å². The molecule has 0 aromatic heterocycles. The molecule has 1 unspecified atom stereocenters. The van der Waals surface area contributed by atoms with Gasteiger partial charge in [0.1, 0.15) is 0 Å². The van der Waals surface area contributed by atoms with Crippen LogP contribution < -0.4 is 5.73 Å². The van der Waals surface area contributed by atoms with Crippen LogP contribution in [0.1, 0.15) is 12.5 Å². The second-order valence-corrected chi connectivity index (χ2v) is 7.15. The molecule has 1 atom stereocenters. The van der Waals surface area contributed by atoms with Gasteiger partial charge in [0, 0.05) is 18.3 Å². The molecule has 5 nitrogen and oxygen atoms in total. The first kappa shape index (κ1) is 13.9. The Morgan fingerprint density at radius 1 is 1.42 bits per heavy atom. The Morgan fingerprint density at radius 2 is 2.11 bits per heavy atom. The molecule has 0 spiro atoms. The summed E-state index contributed by atoms with van der Waals surface area (Å²) < 4.78 is 23.0. The van der Waals surface area contributed by atoms with E-state index in [4.69, 9.17) is 5.73 Å². The molecule has 19 heavy (non-hydrogen) atoms. The van der Waals surface area contributed by atoms with Crippen molar-refractivity contribution in [1.29, 1.82) is 0 Å². The molecular formula is C13H18N2O3S. The number of rotatable bonds is 2. The van der Waals surface area contributed by atoms with Gasteiger partial charge in [-0.25, -0.2) is 8.42 Å². The van der Waals surface area contributed by atoms with E-state index in [2.05, 4.69) is 0 Å². The summed E-state index contributed by atoms with van der Waals surface area (Å²) in [5, 5.41) is 0. The Hall–Kier alpha value is -1.56. The number of anilines is 1. The third kappa shape index (κ3) is 3.26. The van der Waals surface area contributed by atoms with E-state index in [1.54, 1.807) is 17.9 Å². The molecule has 6 heteroatoms. The highest BCUT2D eigenvalue weighted by Crippen LogP contribution is 2.16. The highest BCUT2D eigenvalue weighted by molar-refractivity contribution is 7.91. The number of amides is 1. The van der Waals surface area contributed by atoms with Gasteiger partial charge in [0.15, 0.2) is 9.84 Å². The van der Waals surface area contributed by atoms with Gasteiger partial charge in [-0.15, -0.1) is 0 Å². The molecule has 0 saturated carbocycles. The van der Waals surface area contributed by atoms with Crippen LogP contribution >= 0.6 is 0 Å². The summed E-state index contributed by atoms with van der Waals surface area (Å²) in [6.07, 6.45) is 0.219. The second-order valence-electron chi connectivity index (χ2n) is 4.93. The van der Waals surface area contributed by atoms with Gasteiger partial charge in [-0.1, -0.05) is 18.2 Å². The van der Waals surface area contributed by atoms with E-state index in [0.717, 1.165) is 5.56 Å². The van der Waals surface area contributed by atoms with Crippen molar-refractivity contribution in [3.63, 3.8) is 0 Å². The summed E-state index contributed by atoms with van der Waals surface area (Å²) >= 11 is 0. The minimum Gasteiger partial charge on any atom is -0.398 e. The minimum absolute atomic E-state index is 0.0447. The van der Waals surface area contributed by atoms with E-state index in [-0.39, 0.29) is 36.4 Å². The fourth-order valence-corrected chi connectivity index (χ4v) is 3.89. The molecule has 1 aromatic rings. The van der Waals surface area contributed by atoms with Gasteiger partial charge in [-0.2, -0.15) is 0 Å². The van der Waals surface area contributed by atoms with Crippen molar-refractivity contribution in [3.05, 3.63) is 29.8 Å². The summed E-state index contributed by atoms with van der Waals surface area (Å²) in [6, 6.07) is 6.96. The Labute approximate surface area is 113 Å². The number of hydrogen-bond donors (Lipinski definition) is 1. The average molecular weight is 282 g/mol. The molecule has 1 saturated heterocycles. The van der Waals surface area contributed by atoms with Crippen LogP contribution in [0.4, 0.5) is 5.69 Å². The van der Waals surface area contributed by atoms with E-state index in [9.17, 15) is 13.2 Å². The average Bonchev–Trinajstić information content (AvgIpc) is 2.30. The quantitative estimate of drug-likeness (QED) is 0.799. The van der Waals surface area contributed by atoms with Crippen molar-refractivity contribution in [2.24, 2.45) is 0 Å². The van der Waals surface area contributed by atoms with E-state index in [1.807, 2.05) is 18.2 Å². The number of nitrogen functional groups attached to an aromatic ring is 1. The second kappa shape index (κ2) is 5.21. The summed E-state index contributed by atoms with van der Waals surface area (Å²) in [5.41, 5.74) is 7.19. The fraction of sp³-hybridized carbons (Fsp3) is 0.462. The normalized spacial score (nSPS) is 22.2. The zero-order valence-corrected chi connectivity index (χ0v) is 11.7. The molecule has 1 heterocycles. The molecule has 2 rings (SSSR count). The SMILES string of the molecule is CC1CS(=O)(=O)CCN1C(=O)Cc1ccccc1N. The first-order valence-corrected chi connectivity index (χ1v) is 8.04. The molecule has 1 aliphatic rings. The molecule has 1 fully saturated rings. The van der Waals surface area contributed by atoms with E-state index in [0.29, 0.717) is 5.69 Å². The van der Waals surface area contributed by atoms with E-state index < -0.39 is 9.84 Å². The minimum atomic E-state index is -3.00. The first-order chi connectivity index (χ1) is 8.89. The number of carbonyl (C=O) groups excluding carboxylic acids is 1. The van der Waals surface area contributed by atoms with Crippen LogP contribution in [0, 0.1) is 0 Å². The maximum Gasteiger partial charge on any atom is 0.227 e. The zero-order valence-electron chi connectivity index (χ0n) is 10.9. The van der Waals surface area contributed by atoms with Crippen LogP contribution in [0.25, 0.3) is 0 Å². The van der Waals surface area contributed by atoms with Crippen LogP contribution in [0.3, 0.4) is 0 Å². The molecule has 1 aromatic carbocycles. The Bertz CT molecular complexity index is 583. The molecule has 2 N–H and O–H groups in total. The predicted octanol–water partition coefficient (Wildman–Crippen LogP) is 0.457. The van der Waals surface area contributed by atoms with Gasteiger partial charge < -0.3 is 10.6 Å². The molecule has 1 amide bonds. The summed E-state index contributed by atoms with van der Waals surface area (Å²) in [4.78, 5) is 13.8. The number of benzene rings is 1. The molecule has 0 aliphatic carbocycles. The monoisotopic (exact) mass is 282 g/mol. The van der Waals surface area contributed by atoms with Gasteiger partial charge in [0.25, 0.3) is 0 Å². The van der Waals surface area contributed by atoms with Crippen LogP contribution in [-0.4, -0.2) is 43.3 Å². The molecule has 0 bridgehead atoms. The lowest BCUT2D eigenvalue weighted by molar-refractivity contribution is -0.131. The van der Waals surface area contributed by atoms with Gasteiger partial charge in [-0.05, 0) is 18.6 Å². The molecular weight excluding hydrogens is 264 g/mol. The van der Waals surface area contributed by atoms with Crippen molar-refractivity contribution in [2.75, 3.05) is 23.8 Å². The maximum atomic E-state index is 12.2. The van der Waals surface area contributed by atoms with Crippen molar-refractivity contribution >= 4 is 21.4 Å². The first-order valence-electron chi connectivity index (χ1n) is 6.22. The van der Waals surface area contributed by atoms with Crippen LogP contribution in [0.5, 0.6) is 0 Å². The third-order valence-corrected chi connectivity index (χ3v) is 5.18. The predicted molar refractivity (Wildman–Crippen MR) is 74.4 cm³/mol. The third-order valence-electron chi connectivity index (χ3n) is 3.39. The van der Waals surface area contributed by atoms with Crippen molar-refractivity contribution in [2.45, 2.75) is 19.4 Å². The van der Waals surface area contributed by atoms with Crippen molar-refractivity contribution in [1.82, 2.24) is 4.90 Å². The lowest BCUT2D eigenvalue weighted by atomic mass is 10.1.